The molecule has 0 fully saturated rings. The molecule has 0 aliphatic heterocycles. The molecule has 0 aliphatic rings. The van der Waals surface area contributed by atoms with Gasteiger partial charge in [-0.15, -0.1) is 0 Å². The van der Waals surface area contributed by atoms with Gasteiger partial charge in [0.2, 0.25) is 35.4 Å². The molecule has 0 radical (unpaired) electrons. The lowest BCUT2D eigenvalue weighted by molar-refractivity contribution is -0.142. The number of imidazole rings is 1. The average molecular weight is 838 g/mol. The fourth-order valence-electron chi connectivity index (χ4n) is 6.59. The van der Waals surface area contributed by atoms with E-state index in [9.17, 15) is 48.6 Å². The summed E-state index contributed by atoms with van der Waals surface area (Å²) in [5.74, 6) is -8.55. The molecule has 10 N–H and O–H groups in total. The van der Waals surface area contributed by atoms with Crippen molar-refractivity contribution < 1.29 is 48.6 Å². The molecule has 328 valence electrons. The molecule has 0 bridgehead atoms. The van der Waals surface area contributed by atoms with Crippen molar-refractivity contribution >= 4 is 58.3 Å². The Morgan fingerprint density at radius 3 is 1.77 bits per heavy atom. The molecule has 0 spiro atoms. The number of para-hydroxylation sites is 1. The number of aromatic amines is 2. The molecule has 6 amide bonds. The second-order valence-corrected chi connectivity index (χ2v) is 15.6. The molecule has 60 heavy (non-hydrogen) atoms. The van der Waals surface area contributed by atoms with Crippen LogP contribution >= 0.6 is 0 Å². The van der Waals surface area contributed by atoms with E-state index >= 15 is 0 Å². The normalized spacial score (nSPS) is 15.3. The number of aliphatic carboxylic acids is 2. The zero-order valence-electron chi connectivity index (χ0n) is 35.1. The Kier molecular flexibility index (Phi) is 18.3. The van der Waals surface area contributed by atoms with Crippen LogP contribution in [0.5, 0.6) is 0 Å². The highest BCUT2D eigenvalue weighted by atomic mass is 16.4. The van der Waals surface area contributed by atoms with Gasteiger partial charge in [-0.1, -0.05) is 72.6 Å². The summed E-state index contributed by atoms with van der Waals surface area (Å²) >= 11 is 0. The Balaban J connectivity index is 1.81. The number of carbonyl (C=O) groups excluding carboxylic acids is 6. The smallest absolute Gasteiger partial charge is 0.326 e. The number of carboxylic acids is 2. The van der Waals surface area contributed by atoms with Gasteiger partial charge in [-0.05, 0) is 35.8 Å². The first-order valence-electron chi connectivity index (χ1n) is 20.1. The summed E-state index contributed by atoms with van der Waals surface area (Å²) < 4.78 is 0. The summed E-state index contributed by atoms with van der Waals surface area (Å²) in [6.45, 7) is 11.7. The highest BCUT2D eigenvalue weighted by molar-refractivity contribution is 5.98. The first kappa shape index (κ1) is 48.1. The number of hydrogen-bond acceptors (Lipinski definition) is 9. The van der Waals surface area contributed by atoms with Crippen LogP contribution in [0.4, 0.5) is 0 Å². The SMILES string of the molecule is CC[C@H](C)[C@H](NC(=O)[C@H](CC(=O)O)NC(=O)[C@H](CC(C)C)NC(=O)[C@H](Cc1cnc[nH]1)NC(C)=O)C(=O)N[C@H](C(=O)N[C@H](Cc1c[nH]c2ccccc12)C(=O)O)[C@@H](C)CC. The van der Waals surface area contributed by atoms with Crippen molar-refractivity contribution in [1.29, 1.82) is 0 Å². The van der Waals surface area contributed by atoms with Crippen LogP contribution < -0.4 is 31.9 Å². The van der Waals surface area contributed by atoms with Gasteiger partial charge in [0.15, 0.2) is 0 Å². The maximum absolute atomic E-state index is 14.0. The van der Waals surface area contributed by atoms with Crippen molar-refractivity contribution in [3.05, 3.63) is 54.2 Å². The summed E-state index contributed by atoms with van der Waals surface area (Å²) in [4.78, 5) is 115. The molecule has 3 aromatic rings. The topological polar surface area (TPSA) is 294 Å². The minimum Gasteiger partial charge on any atom is -0.481 e. The Bertz CT molecular complexity index is 1960. The molecule has 0 aliphatic carbocycles. The summed E-state index contributed by atoms with van der Waals surface area (Å²) in [5, 5.41) is 36.0. The fraction of sp³-hybridized carbons (Fsp3) is 0.537. The van der Waals surface area contributed by atoms with Crippen LogP contribution in [0.25, 0.3) is 10.9 Å². The van der Waals surface area contributed by atoms with Crippen LogP contribution in [0.1, 0.15) is 85.4 Å². The number of benzene rings is 1. The number of aromatic nitrogens is 3. The molecule has 0 saturated heterocycles. The average Bonchev–Trinajstić information content (AvgIpc) is 3.86. The van der Waals surface area contributed by atoms with Gasteiger partial charge in [0, 0.05) is 48.8 Å². The zero-order valence-corrected chi connectivity index (χ0v) is 35.1. The third kappa shape index (κ3) is 14.2. The van der Waals surface area contributed by atoms with E-state index in [0.29, 0.717) is 24.1 Å². The number of H-pyrrole nitrogens is 2. The molecular formula is C41H59N9O10. The number of carboxylic acid groups (broad SMARTS) is 2. The maximum atomic E-state index is 14.0. The Hall–Kier alpha value is -6.27. The van der Waals surface area contributed by atoms with E-state index in [-0.39, 0.29) is 25.2 Å². The minimum absolute atomic E-state index is 0.0231. The van der Waals surface area contributed by atoms with Gasteiger partial charge in [0.05, 0.1) is 12.7 Å². The first-order chi connectivity index (χ1) is 28.3. The minimum atomic E-state index is -1.70. The van der Waals surface area contributed by atoms with Crippen LogP contribution in [-0.4, -0.2) is 109 Å². The van der Waals surface area contributed by atoms with E-state index in [4.69, 9.17) is 0 Å². The quantitative estimate of drug-likeness (QED) is 0.0614. The van der Waals surface area contributed by atoms with Crippen LogP contribution in [0.15, 0.2) is 43.0 Å². The summed E-state index contributed by atoms with van der Waals surface area (Å²) in [6.07, 6.45) is 4.50. The zero-order chi connectivity index (χ0) is 44.7. The van der Waals surface area contributed by atoms with Crippen molar-refractivity contribution in [2.75, 3.05) is 0 Å². The monoisotopic (exact) mass is 837 g/mol. The third-order valence-electron chi connectivity index (χ3n) is 10.3. The lowest BCUT2D eigenvalue weighted by atomic mass is 9.94. The molecule has 0 saturated carbocycles. The van der Waals surface area contributed by atoms with E-state index in [1.165, 1.54) is 19.4 Å². The summed E-state index contributed by atoms with van der Waals surface area (Å²) in [6, 6.07) is -0.626. The number of amides is 6. The van der Waals surface area contributed by atoms with Gasteiger partial charge in [0.1, 0.15) is 36.3 Å². The lowest BCUT2D eigenvalue weighted by Gasteiger charge is -2.30. The van der Waals surface area contributed by atoms with Crippen molar-refractivity contribution in [3.63, 3.8) is 0 Å². The first-order valence-corrected chi connectivity index (χ1v) is 20.1. The summed E-state index contributed by atoms with van der Waals surface area (Å²) in [7, 11) is 0. The van der Waals surface area contributed by atoms with Gasteiger partial charge in [0.25, 0.3) is 0 Å². The highest BCUT2D eigenvalue weighted by Gasteiger charge is 2.37. The molecule has 3 rings (SSSR count). The van der Waals surface area contributed by atoms with Crippen molar-refractivity contribution in [1.82, 2.24) is 46.9 Å². The molecular weight excluding hydrogens is 779 g/mol. The summed E-state index contributed by atoms with van der Waals surface area (Å²) in [5.41, 5.74) is 2.00. The number of hydrogen-bond donors (Lipinski definition) is 10. The van der Waals surface area contributed by atoms with E-state index in [1.807, 2.05) is 24.3 Å². The second kappa shape index (κ2) is 22.8. The largest absolute Gasteiger partial charge is 0.481 e. The maximum Gasteiger partial charge on any atom is 0.326 e. The lowest BCUT2D eigenvalue weighted by Crippen LogP contribution is -2.61. The Morgan fingerprint density at radius 2 is 1.22 bits per heavy atom. The van der Waals surface area contributed by atoms with Crippen LogP contribution in [-0.2, 0) is 51.2 Å². The van der Waals surface area contributed by atoms with Gasteiger partial charge < -0.3 is 52.1 Å². The Morgan fingerprint density at radius 1 is 0.667 bits per heavy atom. The molecule has 19 nitrogen and oxygen atoms in total. The van der Waals surface area contributed by atoms with E-state index < -0.39 is 102 Å². The predicted octanol–water partition coefficient (Wildman–Crippen LogP) is 1.30. The van der Waals surface area contributed by atoms with Crippen molar-refractivity contribution in [2.24, 2.45) is 17.8 Å². The Labute approximate surface area is 348 Å². The van der Waals surface area contributed by atoms with Gasteiger partial charge in [-0.2, -0.15) is 0 Å². The molecule has 8 atom stereocenters. The molecule has 19 heteroatoms. The van der Waals surface area contributed by atoms with E-state index in [1.54, 1.807) is 47.7 Å². The van der Waals surface area contributed by atoms with Crippen LogP contribution in [0.2, 0.25) is 0 Å². The molecule has 2 aromatic heterocycles. The van der Waals surface area contributed by atoms with Gasteiger partial charge >= 0.3 is 11.9 Å². The second-order valence-electron chi connectivity index (χ2n) is 15.6. The van der Waals surface area contributed by atoms with Gasteiger partial charge in [-0.25, -0.2) is 9.78 Å². The number of fused-ring (bicyclic) bond motifs is 1. The van der Waals surface area contributed by atoms with E-state index in [2.05, 4.69) is 46.9 Å². The third-order valence-corrected chi connectivity index (χ3v) is 10.3. The van der Waals surface area contributed by atoms with Crippen LogP contribution in [0, 0.1) is 17.8 Å². The highest BCUT2D eigenvalue weighted by Crippen LogP contribution is 2.20. The van der Waals surface area contributed by atoms with Crippen molar-refractivity contribution in [3.8, 4) is 0 Å². The van der Waals surface area contributed by atoms with Crippen molar-refractivity contribution in [2.45, 2.75) is 123 Å². The predicted molar refractivity (Wildman–Crippen MR) is 220 cm³/mol. The number of rotatable bonds is 24. The molecule has 2 heterocycles. The standard InChI is InChI=1S/C41H59N9O10/c1-8-22(5)34(39(57)48-32(41(59)60)15-25-18-43-28-13-11-10-12-27(25)28)50-40(58)35(23(6)9-2)49-38(56)31(17-33(52)53)47-36(54)29(14-21(3)4)46-37(55)30(45-24(7)51)16-26-19-42-20-44-26/h10-13,18-23,29-32,34-35,43H,8-9,14-17H2,1-7H3,(H,42,44)(H,45,51)(H,46,55)(H,47,54)(H,48,57)(H,49,56)(H,50,58)(H,52,53)(H,59,60)/t22-,23-,29-,30-,31-,32+,34-,35-/m0/s1. The van der Waals surface area contributed by atoms with Gasteiger partial charge in [-0.3, -0.25) is 33.6 Å². The molecule has 1 aromatic carbocycles. The number of carbonyl (C=O) groups is 8. The number of nitrogens with one attached hydrogen (secondary N) is 8. The number of nitrogens with zero attached hydrogens (tertiary/aromatic N) is 1. The fourth-order valence-corrected chi connectivity index (χ4v) is 6.59. The van der Waals surface area contributed by atoms with Crippen LogP contribution in [0.3, 0.4) is 0 Å². The molecule has 0 unspecified atom stereocenters. The van der Waals surface area contributed by atoms with E-state index in [0.717, 1.165) is 10.9 Å².